The predicted molar refractivity (Wildman–Crippen MR) is 58.8 cm³/mol. The highest BCUT2D eigenvalue weighted by molar-refractivity contribution is 5.68. The Hall–Kier alpha value is -1.59. The van der Waals surface area contributed by atoms with Gasteiger partial charge in [0.25, 0.3) is 0 Å². The lowest BCUT2D eigenvalue weighted by Gasteiger charge is -2.07. The summed E-state index contributed by atoms with van der Waals surface area (Å²) >= 11 is 0. The molecular weight excluding hydrogens is 247 g/mol. The van der Waals surface area contributed by atoms with Crippen molar-refractivity contribution in [3.8, 4) is 0 Å². The number of carbonyl (C=O) groups is 1. The molecule has 0 saturated carbocycles. The molecule has 6 heteroatoms. The third kappa shape index (κ3) is 4.73. The molecule has 100 valence electrons. The first-order valence-corrected chi connectivity index (χ1v) is 5.52. The van der Waals surface area contributed by atoms with E-state index >= 15 is 0 Å². The summed E-state index contributed by atoms with van der Waals surface area (Å²) in [5.74, 6) is -0.313. The van der Waals surface area contributed by atoms with Crippen molar-refractivity contribution in [1.29, 1.82) is 0 Å². The number of esters is 1. The Balaban J connectivity index is 2.46. The fourth-order valence-corrected chi connectivity index (χ4v) is 1.47. The number of pyridine rings is 1. The maximum atomic E-state index is 12.4. The second-order valence-corrected chi connectivity index (χ2v) is 3.82. The van der Waals surface area contributed by atoms with Crippen LogP contribution in [0.25, 0.3) is 0 Å². The molecule has 0 aromatic carbocycles. The minimum absolute atomic E-state index is 0.273. The fraction of sp³-hybridized carbons (Fsp3) is 0.500. The minimum Gasteiger partial charge on any atom is -0.469 e. The molecule has 0 aliphatic carbocycles. The van der Waals surface area contributed by atoms with Crippen molar-refractivity contribution in [1.82, 2.24) is 4.98 Å². The average molecular weight is 261 g/mol. The Kier molecular flexibility index (Phi) is 5.12. The van der Waals surface area contributed by atoms with Gasteiger partial charge in [0.2, 0.25) is 0 Å². The lowest BCUT2D eigenvalue weighted by molar-refractivity contribution is -0.140. The van der Waals surface area contributed by atoms with E-state index in [1.807, 2.05) is 0 Å². The van der Waals surface area contributed by atoms with Gasteiger partial charge in [0.05, 0.1) is 12.7 Å². The van der Waals surface area contributed by atoms with Crippen LogP contribution in [0.4, 0.5) is 13.2 Å². The summed E-state index contributed by atoms with van der Waals surface area (Å²) in [6, 6.07) is 1.98. The Morgan fingerprint density at radius 2 is 2.11 bits per heavy atom. The number of aromatic nitrogens is 1. The molecule has 0 radical (unpaired) electrons. The number of unbranched alkanes of at least 4 members (excludes halogenated alkanes) is 1. The van der Waals surface area contributed by atoms with E-state index in [-0.39, 0.29) is 12.4 Å². The van der Waals surface area contributed by atoms with Crippen molar-refractivity contribution in [2.45, 2.75) is 31.9 Å². The van der Waals surface area contributed by atoms with Crippen LogP contribution in [0.15, 0.2) is 18.3 Å². The summed E-state index contributed by atoms with van der Waals surface area (Å²) in [5.41, 5.74) is -0.310. The smallest absolute Gasteiger partial charge is 0.416 e. The fourth-order valence-electron chi connectivity index (χ4n) is 1.47. The van der Waals surface area contributed by atoms with Gasteiger partial charge in [0, 0.05) is 18.3 Å². The van der Waals surface area contributed by atoms with E-state index in [2.05, 4.69) is 9.72 Å². The van der Waals surface area contributed by atoms with E-state index in [1.54, 1.807) is 0 Å². The Bertz CT molecular complexity index is 405. The highest BCUT2D eigenvalue weighted by Gasteiger charge is 2.30. The molecule has 1 aromatic heterocycles. The van der Waals surface area contributed by atoms with Crippen LogP contribution in [-0.2, 0) is 22.1 Å². The molecule has 0 spiro atoms. The number of carbonyl (C=O) groups excluding carboxylic acids is 1. The number of hydrogen-bond acceptors (Lipinski definition) is 3. The first-order valence-electron chi connectivity index (χ1n) is 5.52. The third-order valence-electron chi connectivity index (χ3n) is 2.44. The first-order chi connectivity index (χ1) is 8.43. The molecule has 0 amide bonds. The molecule has 0 unspecified atom stereocenters. The number of methoxy groups -OCH3 is 1. The maximum Gasteiger partial charge on any atom is 0.416 e. The number of aryl methyl sites for hydroxylation is 1. The SMILES string of the molecule is COC(=O)CCCCc1cc(C(F)(F)F)ccn1. The van der Waals surface area contributed by atoms with Gasteiger partial charge in [0.15, 0.2) is 0 Å². The molecule has 0 saturated heterocycles. The second-order valence-electron chi connectivity index (χ2n) is 3.82. The lowest BCUT2D eigenvalue weighted by Crippen LogP contribution is -2.06. The molecule has 1 rings (SSSR count). The van der Waals surface area contributed by atoms with Crippen molar-refractivity contribution >= 4 is 5.97 Å². The van der Waals surface area contributed by atoms with Crippen LogP contribution in [0.3, 0.4) is 0 Å². The number of alkyl halides is 3. The van der Waals surface area contributed by atoms with E-state index in [0.29, 0.717) is 25.0 Å². The van der Waals surface area contributed by atoms with Gasteiger partial charge in [-0.2, -0.15) is 13.2 Å². The molecular formula is C12H14F3NO2. The second kappa shape index (κ2) is 6.37. The standard InChI is InChI=1S/C12H14F3NO2/c1-18-11(17)5-3-2-4-10-8-9(6-7-16-10)12(13,14)15/h6-8H,2-5H2,1H3. The zero-order valence-electron chi connectivity index (χ0n) is 9.96. The maximum absolute atomic E-state index is 12.4. The van der Waals surface area contributed by atoms with Gasteiger partial charge in [-0.25, -0.2) is 0 Å². The normalized spacial score (nSPS) is 11.3. The number of halogens is 3. The number of hydrogen-bond donors (Lipinski definition) is 0. The van der Waals surface area contributed by atoms with Crippen LogP contribution in [-0.4, -0.2) is 18.1 Å². The molecule has 0 aliphatic heterocycles. The van der Waals surface area contributed by atoms with Crippen LogP contribution >= 0.6 is 0 Å². The zero-order chi connectivity index (χ0) is 13.6. The summed E-state index contributed by atoms with van der Waals surface area (Å²) in [4.78, 5) is 14.7. The van der Waals surface area contributed by atoms with Crippen molar-refractivity contribution in [3.63, 3.8) is 0 Å². The van der Waals surface area contributed by atoms with E-state index in [1.165, 1.54) is 7.11 Å². The van der Waals surface area contributed by atoms with E-state index in [9.17, 15) is 18.0 Å². The van der Waals surface area contributed by atoms with Crippen molar-refractivity contribution in [2.24, 2.45) is 0 Å². The topological polar surface area (TPSA) is 39.2 Å². The van der Waals surface area contributed by atoms with Gasteiger partial charge in [0.1, 0.15) is 0 Å². The summed E-state index contributed by atoms with van der Waals surface area (Å²) in [6.07, 6.45) is -1.33. The Labute approximate surface area is 103 Å². The monoisotopic (exact) mass is 261 g/mol. The van der Waals surface area contributed by atoms with E-state index in [0.717, 1.165) is 18.3 Å². The van der Waals surface area contributed by atoms with Gasteiger partial charge < -0.3 is 4.74 Å². The van der Waals surface area contributed by atoms with Crippen LogP contribution in [0.2, 0.25) is 0 Å². The van der Waals surface area contributed by atoms with Crippen LogP contribution in [0.5, 0.6) is 0 Å². The lowest BCUT2D eigenvalue weighted by atomic mass is 10.1. The molecule has 0 bridgehead atoms. The highest BCUT2D eigenvalue weighted by Crippen LogP contribution is 2.29. The summed E-state index contributed by atoms with van der Waals surface area (Å²) in [6.45, 7) is 0. The number of ether oxygens (including phenoxy) is 1. The summed E-state index contributed by atoms with van der Waals surface area (Å²) in [7, 11) is 1.30. The van der Waals surface area contributed by atoms with Crippen LogP contribution in [0, 0.1) is 0 Å². The first kappa shape index (κ1) is 14.5. The molecule has 3 nitrogen and oxygen atoms in total. The van der Waals surface area contributed by atoms with Gasteiger partial charge in [-0.15, -0.1) is 0 Å². The zero-order valence-corrected chi connectivity index (χ0v) is 9.96. The summed E-state index contributed by atoms with van der Waals surface area (Å²) in [5, 5.41) is 0. The third-order valence-corrected chi connectivity index (χ3v) is 2.44. The molecule has 0 N–H and O–H groups in total. The summed E-state index contributed by atoms with van der Waals surface area (Å²) < 4.78 is 41.7. The Morgan fingerprint density at radius 3 is 2.72 bits per heavy atom. The molecule has 0 aliphatic rings. The van der Waals surface area contributed by atoms with Crippen molar-refractivity contribution in [3.05, 3.63) is 29.6 Å². The predicted octanol–water partition coefficient (Wildman–Crippen LogP) is 2.99. The van der Waals surface area contributed by atoms with E-state index < -0.39 is 11.7 Å². The van der Waals surface area contributed by atoms with E-state index in [4.69, 9.17) is 0 Å². The van der Waals surface area contributed by atoms with Gasteiger partial charge in [-0.1, -0.05) is 0 Å². The van der Waals surface area contributed by atoms with Gasteiger partial charge in [-0.3, -0.25) is 9.78 Å². The number of rotatable bonds is 5. The molecule has 1 heterocycles. The Morgan fingerprint density at radius 1 is 1.39 bits per heavy atom. The molecule has 0 fully saturated rings. The van der Waals surface area contributed by atoms with Crippen molar-refractivity contribution in [2.75, 3.05) is 7.11 Å². The molecule has 18 heavy (non-hydrogen) atoms. The number of nitrogens with zero attached hydrogens (tertiary/aromatic N) is 1. The van der Waals surface area contributed by atoms with Gasteiger partial charge in [-0.05, 0) is 31.4 Å². The van der Waals surface area contributed by atoms with Gasteiger partial charge >= 0.3 is 12.1 Å². The van der Waals surface area contributed by atoms with Crippen LogP contribution in [0.1, 0.15) is 30.5 Å². The highest BCUT2D eigenvalue weighted by atomic mass is 19.4. The molecule has 0 atom stereocenters. The van der Waals surface area contributed by atoms with Crippen molar-refractivity contribution < 1.29 is 22.7 Å². The largest absolute Gasteiger partial charge is 0.469 e. The quantitative estimate of drug-likeness (QED) is 0.604. The van der Waals surface area contributed by atoms with Crippen LogP contribution < -0.4 is 0 Å². The minimum atomic E-state index is -4.34. The average Bonchev–Trinajstić information content (AvgIpc) is 2.33. The molecule has 1 aromatic rings.